The molecule has 0 atom stereocenters. The van der Waals surface area contributed by atoms with Crippen molar-refractivity contribution < 1.29 is 13.9 Å². The van der Waals surface area contributed by atoms with Crippen molar-refractivity contribution in [1.82, 2.24) is 10.2 Å². The number of aromatic nitrogens is 2. The summed E-state index contributed by atoms with van der Waals surface area (Å²) in [5.74, 6) is 2.33. The topological polar surface area (TPSA) is 57.4 Å². The summed E-state index contributed by atoms with van der Waals surface area (Å²) in [7, 11) is 1.61. The van der Waals surface area contributed by atoms with Crippen LogP contribution < -0.4 is 9.47 Å². The Morgan fingerprint density at radius 1 is 1.18 bits per heavy atom. The first-order valence-corrected chi connectivity index (χ1v) is 5.25. The molecule has 0 saturated heterocycles. The summed E-state index contributed by atoms with van der Waals surface area (Å²) in [5.41, 5.74) is 1.11. The molecule has 0 aliphatic carbocycles. The van der Waals surface area contributed by atoms with Crippen LogP contribution in [0.5, 0.6) is 11.5 Å². The van der Waals surface area contributed by atoms with Crippen LogP contribution in [0.3, 0.4) is 0 Å². The number of hydrogen-bond acceptors (Lipinski definition) is 5. The SMILES string of the molecule is COc1cc(C)ccc1OCc1nnc(C)o1. The van der Waals surface area contributed by atoms with E-state index in [9.17, 15) is 0 Å². The van der Waals surface area contributed by atoms with Crippen LogP contribution in [0.1, 0.15) is 17.3 Å². The van der Waals surface area contributed by atoms with Crippen molar-refractivity contribution in [2.75, 3.05) is 7.11 Å². The predicted molar refractivity (Wildman–Crippen MR) is 61.1 cm³/mol. The van der Waals surface area contributed by atoms with Gasteiger partial charge in [-0.3, -0.25) is 0 Å². The van der Waals surface area contributed by atoms with E-state index in [1.165, 1.54) is 0 Å². The zero-order valence-corrected chi connectivity index (χ0v) is 10.1. The first kappa shape index (κ1) is 11.4. The van der Waals surface area contributed by atoms with E-state index >= 15 is 0 Å². The third kappa shape index (κ3) is 2.75. The molecule has 2 rings (SSSR count). The Balaban J connectivity index is 2.08. The zero-order valence-electron chi connectivity index (χ0n) is 10.1. The summed E-state index contributed by atoms with van der Waals surface area (Å²) < 4.78 is 16.0. The standard InChI is InChI=1S/C12H14N2O3/c1-8-4-5-10(11(6-8)15-3)16-7-12-14-13-9(2)17-12/h4-6H,7H2,1-3H3. The lowest BCUT2D eigenvalue weighted by atomic mass is 10.2. The highest BCUT2D eigenvalue weighted by Crippen LogP contribution is 2.28. The largest absolute Gasteiger partial charge is 0.493 e. The molecule has 0 fully saturated rings. The molecule has 5 heteroatoms. The summed E-state index contributed by atoms with van der Waals surface area (Å²) in [4.78, 5) is 0. The normalized spacial score (nSPS) is 10.3. The van der Waals surface area contributed by atoms with Gasteiger partial charge in [0.2, 0.25) is 5.89 Å². The number of rotatable bonds is 4. The van der Waals surface area contributed by atoms with Gasteiger partial charge >= 0.3 is 0 Å². The monoisotopic (exact) mass is 234 g/mol. The molecule has 0 N–H and O–H groups in total. The fourth-order valence-corrected chi connectivity index (χ4v) is 1.43. The molecule has 0 saturated carbocycles. The third-order valence-corrected chi connectivity index (χ3v) is 2.24. The average molecular weight is 234 g/mol. The van der Waals surface area contributed by atoms with Crippen LogP contribution in [0, 0.1) is 13.8 Å². The van der Waals surface area contributed by atoms with Crippen LogP contribution in [0.25, 0.3) is 0 Å². The Bertz CT molecular complexity index is 508. The number of ether oxygens (including phenoxy) is 2. The van der Waals surface area contributed by atoms with Crippen LogP contribution in [0.15, 0.2) is 22.6 Å². The maximum absolute atomic E-state index is 5.56. The second-order valence-electron chi connectivity index (χ2n) is 3.66. The number of aryl methyl sites for hydroxylation is 2. The van der Waals surface area contributed by atoms with Gasteiger partial charge in [-0.05, 0) is 24.6 Å². The van der Waals surface area contributed by atoms with Crippen molar-refractivity contribution in [2.45, 2.75) is 20.5 Å². The van der Waals surface area contributed by atoms with Crippen LogP contribution >= 0.6 is 0 Å². The quantitative estimate of drug-likeness (QED) is 0.812. The minimum Gasteiger partial charge on any atom is -0.493 e. The minimum absolute atomic E-state index is 0.236. The lowest BCUT2D eigenvalue weighted by molar-refractivity contribution is 0.248. The molecule has 0 spiro atoms. The van der Waals surface area contributed by atoms with Crippen molar-refractivity contribution >= 4 is 0 Å². The summed E-state index contributed by atoms with van der Waals surface area (Å²) in [6, 6.07) is 5.72. The Labute approximate surface area is 99.4 Å². The van der Waals surface area contributed by atoms with Gasteiger partial charge in [-0.2, -0.15) is 0 Å². The minimum atomic E-state index is 0.236. The molecule has 1 aromatic heterocycles. The highest BCUT2D eigenvalue weighted by Gasteiger charge is 2.07. The first-order valence-electron chi connectivity index (χ1n) is 5.25. The fourth-order valence-electron chi connectivity index (χ4n) is 1.43. The molecule has 0 bridgehead atoms. The van der Waals surface area contributed by atoms with E-state index in [-0.39, 0.29) is 6.61 Å². The molecule has 1 heterocycles. The van der Waals surface area contributed by atoms with Crippen molar-refractivity contribution in [3.05, 3.63) is 35.5 Å². The molecule has 0 aliphatic heterocycles. The molecule has 5 nitrogen and oxygen atoms in total. The van der Waals surface area contributed by atoms with Crippen molar-refractivity contribution in [2.24, 2.45) is 0 Å². The third-order valence-electron chi connectivity index (χ3n) is 2.24. The number of benzene rings is 1. The highest BCUT2D eigenvalue weighted by atomic mass is 16.5. The average Bonchev–Trinajstić information content (AvgIpc) is 2.73. The molecule has 0 amide bonds. The number of methoxy groups -OCH3 is 1. The van der Waals surface area contributed by atoms with Gasteiger partial charge in [0, 0.05) is 6.92 Å². The van der Waals surface area contributed by atoms with Gasteiger partial charge in [0.15, 0.2) is 18.1 Å². The maximum atomic E-state index is 5.56. The fraction of sp³-hybridized carbons (Fsp3) is 0.333. The van der Waals surface area contributed by atoms with Gasteiger partial charge in [0.05, 0.1) is 7.11 Å². The van der Waals surface area contributed by atoms with Crippen LogP contribution in [-0.2, 0) is 6.61 Å². The van der Waals surface area contributed by atoms with E-state index in [1.807, 2.05) is 25.1 Å². The van der Waals surface area contributed by atoms with Crippen LogP contribution in [-0.4, -0.2) is 17.3 Å². The molecule has 2 aromatic rings. The Kier molecular flexibility index (Phi) is 3.27. The lowest BCUT2D eigenvalue weighted by Crippen LogP contribution is -1.98. The highest BCUT2D eigenvalue weighted by molar-refractivity contribution is 5.42. The second-order valence-corrected chi connectivity index (χ2v) is 3.66. The molecule has 90 valence electrons. The van der Waals surface area contributed by atoms with E-state index in [0.29, 0.717) is 23.3 Å². The molecule has 1 aromatic carbocycles. The summed E-state index contributed by atoms with van der Waals surface area (Å²) in [6.07, 6.45) is 0. The van der Waals surface area contributed by atoms with E-state index in [0.717, 1.165) is 5.56 Å². The smallest absolute Gasteiger partial charge is 0.253 e. The van der Waals surface area contributed by atoms with Gasteiger partial charge in [-0.25, -0.2) is 0 Å². The Morgan fingerprint density at radius 2 is 2.00 bits per heavy atom. The summed E-state index contributed by atoms with van der Waals surface area (Å²) >= 11 is 0. The van der Waals surface area contributed by atoms with Crippen molar-refractivity contribution in [3.63, 3.8) is 0 Å². The lowest BCUT2D eigenvalue weighted by Gasteiger charge is -2.09. The second kappa shape index (κ2) is 4.86. The van der Waals surface area contributed by atoms with Gasteiger partial charge in [-0.1, -0.05) is 6.07 Å². The van der Waals surface area contributed by atoms with Crippen molar-refractivity contribution in [1.29, 1.82) is 0 Å². The molecule has 0 aliphatic rings. The predicted octanol–water partition coefficient (Wildman–Crippen LogP) is 2.27. The van der Waals surface area contributed by atoms with Gasteiger partial charge in [-0.15, -0.1) is 10.2 Å². The van der Waals surface area contributed by atoms with Crippen molar-refractivity contribution in [3.8, 4) is 11.5 Å². The number of hydrogen-bond donors (Lipinski definition) is 0. The number of nitrogens with zero attached hydrogens (tertiary/aromatic N) is 2. The zero-order chi connectivity index (χ0) is 12.3. The van der Waals surface area contributed by atoms with Crippen LogP contribution in [0.2, 0.25) is 0 Å². The Hall–Kier alpha value is -2.04. The summed E-state index contributed by atoms with van der Waals surface area (Å²) in [5, 5.41) is 7.58. The van der Waals surface area contributed by atoms with E-state index in [4.69, 9.17) is 13.9 Å². The molecule has 17 heavy (non-hydrogen) atoms. The Morgan fingerprint density at radius 3 is 2.65 bits per heavy atom. The molecular formula is C12H14N2O3. The molecule has 0 unspecified atom stereocenters. The molecule has 0 radical (unpaired) electrons. The first-order chi connectivity index (χ1) is 8.19. The van der Waals surface area contributed by atoms with Gasteiger partial charge in [0.25, 0.3) is 5.89 Å². The van der Waals surface area contributed by atoms with E-state index in [2.05, 4.69) is 10.2 Å². The summed E-state index contributed by atoms with van der Waals surface area (Å²) in [6.45, 7) is 3.97. The molecular weight excluding hydrogens is 220 g/mol. The van der Waals surface area contributed by atoms with E-state index < -0.39 is 0 Å². The van der Waals surface area contributed by atoms with Gasteiger partial charge in [0.1, 0.15) is 0 Å². The van der Waals surface area contributed by atoms with Gasteiger partial charge < -0.3 is 13.9 Å². The van der Waals surface area contributed by atoms with E-state index in [1.54, 1.807) is 14.0 Å². The maximum Gasteiger partial charge on any atom is 0.253 e. The van der Waals surface area contributed by atoms with Crippen LogP contribution in [0.4, 0.5) is 0 Å².